The molecule has 3 rings (SSSR count). The molecule has 2 aromatic rings. The van der Waals surface area contributed by atoms with E-state index in [9.17, 15) is 18.0 Å². The molecule has 0 spiro atoms. The molecule has 0 unspecified atom stereocenters. The maximum Gasteiger partial charge on any atom is 0.492 e. The van der Waals surface area contributed by atoms with E-state index in [1.807, 2.05) is 36.4 Å². The fourth-order valence-corrected chi connectivity index (χ4v) is 2.91. The summed E-state index contributed by atoms with van der Waals surface area (Å²) >= 11 is 0. The highest BCUT2D eigenvalue weighted by molar-refractivity contribution is 5.75. The van der Waals surface area contributed by atoms with Crippen LogP contribution in [-0.2, 0) is 16.1 Å². The molecule has 0 saturated carbocycles. The van der Waals surface area contributed by atoms with Gasteiger partial charge in [0.1, 0.15) is 0 Å². The van der Waals surface area contributed by atoms with Crippen molar-refractivity contribution in [3.63, 3.8) is 0 Å². The van der Waals surface area contributed by atoms with Crippen LogP contribution in [0.1, 0.15) is 35.7 Å². The Morgan fingerprint density at radius 2 is 1.92 bits per heavy atom. The number of rotatable bonds is 4. The molecule has 1 saturated heterocycles. The highest BCUT2D eigenvalue weighted by atomic mass is 19.4. The van der Waals surface area contributed by atoms with Gasteiger partial charge in [0.15, 0.2) is 0 Å². The molecule has 0 amide bonds. The van der Waals surface area contributed by atoms with Crippen molar-refractivity contribution in [2.24, 2.45) is 0 Å². The van der Waals surface area contributed by atoms with Gasteiger partial charge in [0.05, 0.1) is 5.69 Å². The normalized spacial score (nSPS) is 16.8. The number of carbonyl (C=O) groups excluding carboxylic acids is 1. The summed E-state index contributed by atoms with van der Waals surface area (Å²) < 4.78 is 36.6. The molecule has 0 bridgehead atoms. The zero-order valence-electron chi connectivity index (χ0n) is 13.4. The summed E-state index contributed by atoms with van der Waals surface area (Å²) in [6.07, 6.45) is -3.05. The van der Waals surface area contributed by atoms with Crippen LogP contribution in [0.3, 0.4) is 0 Å². The van der Waals surface area contributed by atoms with Gasteiger partial charge in [-0.15, -0.1) is 5.06 Å². The Morgan fingerprint density at radius 3 is 2.56 bits per heavy atom. The summed E-state index contributed by atoms with van der Waals surface area (Å²) in [6, 6.07) is 12.0. The Labute approximate surface area is 142 Å². The van der Waals surface area contributed by atoms with Crippen LogP contribution < -0.4 is 0 Å². The number of nitrogens with one attached hydrogen (secondary N) is 1. The number of aromatic amines is 1. The lowest BCUT2D eigenvalue weighted by molar-refractivity contribution is -0.241. The van der Waals surface area contributed by atoms with E-state index >= 15 is 0 Å². The summed E-state index contributed by atoms with van der Waals surface area (Å²) in [7, 11) is 0. The highest BCUT2D eigenvalue weighted by Crippen LogP contribution is 2.28. The second kappa shape index (κ2) is 7.26. The van der Waals surface area contributed by atoms with Crippen LogP contribution in [0, 0.1) is 0 Å². The molecule has 1 aromatic heterocycles. The van der Waals surface area contributed by atoms with Gasteiger partial charge in [0, 0.05) is 31.1 Å². The summed E-state index contributed by atoms with van der Waals surface area (Å²) in [4.78, 5) is 15.2. The molecule has 1 aliphatic heterocycles. The van der Waals surface area contributed by atoms with E-state index in [4.69, 9.17) is 0 Å². The standard InChI is InChI=1S/C17H18F3N3O2/c18-17(19,20)16(24)25-23-8-6-13(7-9-23)15-11-14(21-22-15)10-12-4-2-1-3-5-12/h1-5,11,13H,6-10H2,(H,21,22). The van der Waals surface area contributed by atoms with E-state index < -0.39 is 12.1 Å². The number of nitrogens with zero attached hydrogens (tertiary/aromatic N) is 2. The van der Waals surface area contributed by atoms with Gasteiger partial charge in [-0.2, -0.15) is 18.3 Å². The Morgan fingerprint density at radius 1 is 1.24 bits per heavy atom. The molecule has 8 heteroatoms. The van der Waals surface area contributed by atoms with Crippen LogP contribution in [0.5, 0.6) is 0 Å². The average Bonchev–Trinajstić information content (AvgIpc) is 3.04. The van der Waals surface area contributed by atoms with Gasteiger partial charge in [-0.1, -0.05) is 30.3 Å². The summed E-state index contributed by atoms with van der Waals surface area (Å²) in [5.41, 5.74) is 3.05. The number of halogens is 3. The minimum atomic E-state index is -4.97. The van der Waals surface area contributed by atoms with Crippen LogP contribution in [0.25, 0.3) is 0 Å². The smallest absolute Gasteiger partial charge is 0.361 e. The zero-order valence-corrected chi connectivity index (χ0v) is 13.4. The number of benzene rings is 1. The minimum absolute atomic E-state index is 0.165. The molecule has 1 aliphatic rings. The van der Waals surface area contributed by atoms with Crippen LogP contribution in [0.2, 0.25) is 0 Å². The van der Waals surface area contributed by atoms with Crippen molar-refractivity contribution in [2.45, 2.75) is 31.4 Å². The van der Waals surface area contributed by atoms with Gasteiger partial charge in [0.2, 0.25) is 0 Å². The summed E-state index contributed by atoms with van der Waals surface area (Å²) in [6.45, 7) is 0.527. The highest BCUT2D eigenvalue weighted by Gasteiger charge is 2.43. The predicted octanol–water partition coefficient (Wildman–Crippen LogP) is 3.20. The van der Waals surface area contributed by atoms with E-state index in [-0.39, 0.29) is 19.0 Å². The van der Waals surface area contributed by atoms with Gasteiger partial charge in [-0.05, 0) is 24.5 Å². The Hall–Kier alpha value is -2.35. The van der Waals surface area contributed by atoms with E-state index in [0.717, 1.165) is 28.4 Å². The molecular formula is C17H18F3N3O2. The number of piperidine rings is 1. The second-order valence-corrected chi connectivity index (χ2v) is 6.06. The summed E-state index contributed by atoms with van der Waals surface area (Å²) in [5.74, 6) is -2.00. The molecule has 0 atom stereocenters. The van der Waals surface area contributed by atoms with E-state index in [1.165, 1.54) is 0 Å². The molecule has 1 N–H and O–H groups in total. The van der Waals surface area contributed by atoms with Gasteiger partial charge < -0.3 is 4.84 Å². The van der Waals surface area contributed by atoms with Crippen molar-refractivity contribution in [2.75, 3.05) is 13.1 Å². The van der Waals surface area contributed by atoms with Crippen molar-refractivity contribution in [1.29, 1.82) is 0 Å². The molecule has 134 valence electrons. The van der Waals surface area contributed by atoms with Crippen molar-refractivity contribution < 1.29 is 22.8 Å². The zero-order chi connectivity index (χ0) is 17.9. The van der Waals surface area contributed by atoms with Crippen molar-refractivity contribution in [3.8, 4) is 0 Å². The second-order valence-electron chi connectivity index (χ2n) is 6.06. The third-order valence-electron chi connectivity index (χ3n) is 4.22. The van der Waals surface area contributed by atoms with E-state index in [0.29, 0.717) is 12.8 Å². The average molecular weight is 353 g/mol. The van der Waals surface area contributed by atoms with Crippen LogP contribution in [0.4, 0.5) is 13.2 Å². The Bertz CT molecular complexity index is 707. The quantitative estimate of drug-likeness (QED) is 0.917. The largest absolute Gasteiger partial charge is 0.492 e. The molecule has 1 fully saturated rings. The number of H-pyrrole nitrogens is 1. The Balaban J connectivity index is 1.52. The number of carbonyl (C=O) groups is 1. The SMILES string of the molecule is O=C(ON1CCC(c2cc(Cc3ccccc3)n[nH]2)CC1)C(F)(F)F. The number of hydroxylamine groups is 2. The van der Waals surface area contributed by atoms with Crippen LogP contribution >= 0.6 is 0 Å². The lowest BCUT2D eigenvalue weighted by atomic mass is 9.94. The Kier molecular flexibility index (Phi) is 5.08. The molecule has 2 heterocycles. The van der Waals surface area contributed by atoms with Gasteiger partial charge in [-0.25, -0.2) is 4.79 Å². The molecule has 25 heavy (non-hydrogen) atoms. The maximum absolute atomic E-state index is 12.2. The third kappa shape index (κ3) is 4.60. The minimum Gasteiger partial charge on any atom is -0.361 e. The van der Waals surface area contributed by atoms with Gasteiger partial charge >= 0.3 is 12.1 Å². The fourth-order valence-electron chi connectivity index (χ4n) is 2.91. The third-order valence-corrected chi connectivity index (χ3v) is 4.22. The number of alkyl halides is 3. The molecule has 5 nitrogen and oxygen atoms in total. The lowest BCUT2D eigenvalue weighted by Crippen LogP contribution is -2.39. The monoisotopic (exact) mass is 353 g/mol. The first-order chi connectivity index (χ1) is 11.9. The topological polar surface area (TPSA) is 58.2 Å². The van der Waals surface area contributed by atoms with E-state index in [2.05, 4.69) is 15.0 Å². The number of hydrogen-bond acceptors (Lipinski definition) is 4. The first-order valence-electron chi connectivity index (χ1n) is 8.04. The van der Waals surface area contributed by atoms with E-state index in [1.54, 1.807) is 0 Å². The number of aromatic nitrogens is 2. The first-order valence-corrected chi connectivity index (χ1v) is 8.04. The molecular weight excluding hydrogens is 335 g/mol. The van der Waals surface area contributed by atoms with Crippen molar-refractivity contribution in [1.82, 2.24) is 15.3 Å². The molecule has 1 aromatic carbocycles. The number of hydrogen-bond donors (Lipinski definition) is 1. The predicted molar refractivity (Wildman–Crippen MR) is 83.5 cm³/mol. The van der Waals surface area contributed by atoms with Crippen LogP contribution in [0.15, 0.2) is 36.4 Å². The summed E-state index contributed by atoms with van der Waals surface area (Å²) in [5, 5.41) is 8.41. The first kappa shape index (κ1) is 17.5. The lowest BCUT2D eigenvalue weighted by Gasteiger charge is -2.29. The molecule has 0 radical (unpaired) electrons. The van der Waals surface area contributed by atoms with Gasteiger partial charge in [0.25, 0.3) is 0 Å². The molecule has 0 aliphatic carbocycles. The maximum atomic E-state index is 12.2. The van der Waals surface area contributed by atoms with Gasteiger partial charge in [-0.3, -0.25) is 5.10 Å². The fraction of sp³-hybridized carbons (Fsp3) is 0.412. The van der Waals surface area contributed by atoms with Crippen molar-refractivity contribution >= 4 is 5.97 Å². The van der Waals surface area contributed by atoms with Crippen LogP contribution in [-0.4, -0.2) is 40.5 Å². The van der Waals surface area contributed by atoms with Crippen molar-refractivity contribution in [3.05, 3.63) is 53.3 Å².